The van der Waals surface area contributed by atoms with Gasteiger partial charge >= 0.3 is 0 Å². The number of hydrogen-bond acceptors (Lipinski definition) is 2. The van der Waals surface area contributed by atoms with Gasteiger partial charge in [-0.15, -0.1) is 0 Å². The van der Waals surface area contributed by atoms with E-state index < -0.39 is 0 Å². The van der Waals surface area contributed by atoms with Crippen molar-refractivity contribution < 1.29 is 9.21 Å². The second kappa shape index (κ2) is 4.13. The van der Waals surface area contributed by atoms with E-state index in [9.17, 15) is 4.79 Å². The zero-order chi connectivity index (χ0) is 10.7. The second-order valence-electron chi connectivity index (χ2n) is 3.53. The molecule has 0 aliphatic heterocycles. The van der Waals surface area contributed by atoms with Gasteiger partial charge in [0.2, 0.25) is 0 Å². The third-order valence-electron chi connectivity index (χ3n) is 2.42. The molecule has 15 heavy (non-hydrogen) atoms. The molecule has 76 valence electrons. The monoisotopic (exact) mass is 200 g/mol. The summed E-state index contributed by atoms with van der Waals surface area (Å²) in [5.41, 5.74) is 2.46. The summed E-state index contributed by atoms with van der Waals surface area (Å²) < 4.78 is 5.32. The molecule has 0 saturated carbocycles. The zero-order valence-corrected chi connectivity index (χ0v) is 8.57. The van der Waals surface area contributed by atoms with Crippen LogP contribution in [0.3, 0.4) is 0 Å². The lowest BCUT2D eigenvalue weighted by Crippen LogP contribution is -1.89. The smallest absolute Gasteiger partial charge is 0.185 e. The van der Waals surface area contributed by atoms with Crippen LogP contribution < -0.4 is 0 Å². The maximum absolute atomic E-state index is 10.4. The van der Waals surface area contributed by atoms with Gasteiger partial charge in [0.25, 0.3) is 0 Å². The predicted molar refractivity (Wildman–Crippen MR) is 58.1 cm³/mol. The van der Waals surface area contributed by atoms with Crippen molar-refractivity contribution in [2.75, 3.05) is 0 Å². The van der Waals surface area contributed by atoms with Gasteiger partial charge in [-0.25, -0.2) is 0 Å². The Kier molecular flexibility index (Phi) is 2.68. The Morgan fingerprint density at radius 1 is 1.20 bits per heavy atom. The van der Waals surface area contributed by atoms with Crippen LogP contribution in [-0.4, -0.2) is 6.29 Å². The average molecular weight is 200 g/mol. The second-order valence-corrected chi connectivity index (χ2v) is 3.53. The fourth-order valence-corrected chi connectivity index (χ4v) is 1.55. The van der Waals surface area contributed by atoms with E-state index in [1.165, 1.54) is 11.1 Å². The van der Waals surface area contributed by atoms with E-state index in [1.54, 1.807) is 6.07 Å². The molecule has 0 N–H and O–H groups in total. The van der Waals surface area contributed by atoms with Gasteiger partial charge in [0.1, 0.15) is 5.76 Å². The lowest BCUT2D eigenvalue weighted by atomic mass is 10.1. The van der Waals surface area contributed by atoms with Crippen molar-refractivity contribution in [1.29, 1.82) is 0 Å². The molecular formula is C13H12O2. The van der Waals surface area contributed by atoms with E-state index in [2.05, 4.69) is 19.1 Å². The number of furan rings is 1. The summed E-state index contributed by atoms with van der Waals surface area (Å²) in [6.45, 7) is 2.07. The van der Waals surface area contributed by atoms with Crippen molar-refractivity contribution in [1.82, 2.24) is 0 Å². The van der Waals surface area contributed by atoms with Gasteiger partial charge in [0, 0.05) is 6.42 Å². The van der Waals surface area contributed by atoms with E-state index in [0.29, 0.717) is 5.76 Å². The van der Waals surface area contributed by atoms with Gasteiger partial charge in [-0.1, -0.05) is 24.3 Å². The first kappa shape index (κ1) is 9.71. The molecule has 1 aromatic carbocycles. The zero-order valence-electron chi connectivity index (χ0n) is 8.57. The third kappa shape index (κ3) is 2.15. The maximum Gasteiger partial charge on any atom is 0.185 e. The number of carbonyl (C=O) groups is 1. The summed E-state index contributed by atoms with van der Waals surface area (Å²) >= 11 is 0. The first-order valence-electron chi connectivity index (χ1n) is 4.88. The topological polar surface area (TPSA) is 30.2 Å². The van der Waals surface area contributed by atoms with Crippen LogP contribution in [0.2, 0.25) is 0 Å². The lowest BCUT2D eigenvalue weighted by Gasteiger charge is -2.02. The molecule has 1 aromatic heterocycles. The minimum atomic E-state index is 0.388. The van der Waals surface area contributed by atoms with Gasteiger partial charge < -0.3 is 4.42 Å². The Bertz CT molecular complexity index is 469. The molecule has 2 aromatic rings. The highest BCUT2D eigenvalue weighted by atomic mass is 16.3. The van der Waals surface area contributed by atoms with Crippen molar-refractivity contribution in [3.63, 3.8) is 0 Å². The molecule has 0 spiro atoms. The minimum Gasteiger partial charge on any atom is -0.458 e. The Labute approximate surface area is 88.5 Å². The normalized spacial score (nSPS) is 10.2. The van der Waals surface area contributed by atoms with Crippen LogP contribution in [-0.2, 0) is 6.42 Å². The van der Waals surface area contributed by atoms with Crippen molar-refractivity contribution >= 4 is 6.29 Å². The van der Waals surface area contributed by atoms with Gasteiger partial charge in [-0.3, -0.25) is 4.79 Å². The molecular weight excluding hydrogens is 188 g/mol. The summed E-state index contributed by atoms with van der Waals surface area (Å²) in [6, 6.07) is 11.7. The number of hydrogen-bond donors (Lipinski definition) is 0. The van der Waals surface area contributed by atoms with Crippen LogP contribution in [0.5, 0.6) is 0 Å². The van der Waals surface area contributed by atoms with Crippen LogP contribution in [0.1, 0.15) is 27.4 Å². The highest BCUT2D eigenvalue weighted by Gasteiger charge is 2.03. The van der Waals surface area contributed by atoms with Crippen molar-refractivity contribution in [3.8, 4) is 0 Å². The first-order valence-corrected chi connectivity index (χ1v) is 4.88. The van der Waals surface area contributed by atoms with E-state index in [1.807, 2.05) is 18.2 Å². The SMILES string of the molecule is Cc1ccccc1Cc1ccc(C=O)o1. The molecule has 0 aliphatic carbocycles. The van der Waals surface area contributed by atoms with E-state index in [4.69, 9.17) is 4.42 Å². The van der Waals surface area contributed by atoms with Crippen LogP contribution in [0, 0.1) is 6.92 Å². The molecule has 0 radical (unpaired) electrons. The highest BCUT2D eigenvalue weighted by molar-refractivity contribution is 5.70. The van der Waals surface area contributed by atoms with Crippen LogP contribution in [0.4, 0.5) is 0 Å². The number of aryl methyl sites for hydroxylation is 1. The minimum absolute atomic E-state index is 0.388. The van der Waals surface area contributed by atoms with Gasteiger partial charge in [0.05, 0.1) is 0 Å². The van der Waals surface area contributed by atoms with Crippen molar-refractivity contribution in [3.05, 3.63) is 59.0 Å². The molecule has 2 nitrogen and oxygen atoms in total. The van der Waals surface area contributed by atoms with Gasteiger partial charge in [-0.05, 0) is 30.2 Å². The van der Waals surface area contributed by atoms with Crippen LogP contribution in [0.15, 0.2) is 40.8 Å². The lowest BCUT2D eigenvalue weighted by molar-refractivity contribution is 0.109. The van der Waals surface area contributed by atoms with E-state index in [0.717, 1.165) is 18.5 Å². The van der Waals surface area contributed by atoms with Crippen molar-refractivity contribution in [2.24, 2.45) is 0 Å². The summed E-state index contributed by atoms with van der Waals surface area (Å²) in [4.78, 5) is 10.4. The molecule has 0 amide bonds. The molecule has 2 rings (SSSR count). The fraction of sp³-hybridized carbons (Fsp3) is 0.154. The fourth-order valence-electron chi connectivity index (χ4n) is 1.55. The van der Waals surface area contributed by atoms with Crippen molar-refractivity contribution in [2.45, 2.75) is 13.3 Å². The largest absolute Gasteiger partial charge is 0.458 e. The van der Waals surface area contributed by atoms with E-state index in [-0.39, 0.29) is 0 Å². The van der Waals surface area contributed by atoms with Crippen LogP contribution in [0.25, 0.3) is 0 Å². The molecule has 2 heteroatoms. The Hall–Kier alpha value is -1.83. The first-order chi connectivity index (χ1) is 7.29. The Morgan fingerprint density at radius 3 is 2.67 bits per heavy atom. The van der Waals surface area contributed by atoms with Gasteiger partial charge in [0.15, 0.2) is 12.0 Å². The number of carbonyl (C=O) groups excluding carboxylic acids is 1. The number of rotatable bonds is 3. The van der Waals surface area contributed by atoms with Crippen LogP contribution >= 0.6 is 0 Å². The summed E-state index contributed by atoms with van der Waals surface area (Å²) in [5, 5.41) is 0. The molecule has 0 fully saturated rings. The number of aldehydes is 1. The molecule has 1 heterocycles. The van der Waals surface area contributed by atoms with Gasteiger partial charge in [-0.2, -0.15) is 0 Å². The third-order valence-corrected chi connectivity index (χ3v) is 2.42. The molecule has 0 unspecified atom stereocenters. The summed E-state index contributed by atoms with van der Waals surface area (Å²) in [7, 11) is 0. The number of benzene rings is 1. The Morgan fingerprint density at radius 2 is 2.00 bits per heavy atom. The average Bonchev–Trinajstić information content (AvgIpc) is 2.69. The summed E-state index contributed by atoms with van der Waals surface area (Å²) in [5.74, 6) is 1.21. The predicted octanol–water partition coefficient (Wildman–Crippen LogP) is 2.99. The van der Waals surface area contributed by atoms with E-state index >= 15 is 0 Å². The maximum atomic E-state index is 10.4. The quantitative estimate of drug-likeness (QED) is 0.713. The molecule has 0 saturated heterocycles. The Balaban J connectivity index is 2.22. The highest BCUT2D eigenvalue weighted by Crippen LogP contribution is 2.15. The standard InChI is InChI=1S/C13H12O2/c1-10-4-2-3-5-11(10)8-12-6-7-13(9-14)15-12/h2-7,9H,8H2,1H3. The molecule has 0 aliphatic rings. The summed E-state index contributed by atoms with van der Waals surface area (Å²) in [6.07, 6.45) is 1.46. The molecule has 0 atom stereocenters. The molecule has 0 bridgehead atoms.